The van der Waals surface area contributed by atoms with Crippen LogP contribution in [0.25, 0.3) is 0 Å². The summed E-state index contributed by atoms with van der Waals surface area (Å²) in [7, 11) is -1.58. The number of carbonyl (C=O) groups is 1. The second kappa shape index (κ2) is 4.86. The summed E-state index contributed by atoms with van der Waals surface area (Å²) in [5, 5.41) is 22.6. The minimum Gasteiger partial charge on any atom is -0.444 e. The van der Waals surface area contributed by atoms with Gasteiger partial charge in [-0.1, -0.05) is 0 Å². The highest BCUT2D eigenvalue weighted by Gasteiger charge is 2.30. The molecule has 0 radical (unpaired) electrons. The van der Waals surface area contributed by atoms with Gasteiger partial charge in [-0.3, -0.25) is 4.68 Å². The van der Waals surface area contributed by atoms with Crippen LogP contribution in [0.4, 0.5) is 4.79 Å². The number of carbonyl (C=O) groups excluding carboxylic acids is 1. The molecule has 0 aromatic carbocycles. The van der Waals surface area contributed by atoms with Crippen LogP contribution in [0.3, 0.4) is 0 Å². The monoisotopic (exact) mass is 267 g/mol. The van der Waals surface area contributed by atoms with Gasteiger partial charge in [-0.05, 0) is 20.8 Å². The van der Waals surface area contributed by atoms with Crippen LogP contribution in [-0.2, 0) is 17.8 Å². The van der Waals surface area contributed by atoms with Crippen LogP contribution >= 0.6 is 0 Å². The standard InChI is InChI=1S/C11H18BN3O4/c1-11(2,3)19-10(16)14-4-5-15-9(7-14)8(6-13-15)12(17)18/h6,17-18H,4-5,7H2,1-3H3. The van der Waals surface area contributed by atoms with Crippen LogP contribution in [0.1, 0.15) is 26.5 Å². The van der Waals surface area contributed by atoms with Crippen LogP contribution in [0.15, 0.2) is 6.20 Å². The predicted molar refractivity (Wildman–Crippen MR) is 68.7 cm³/mol. The lowest BCUT2D eigenvalue weighted by Crippen LogP contribution is -2.44. The van der Waals surface area contributed by atoms with Crippen molar-refractivity contribution < 1.29 is 19.6 Å². The van der Waals surface area contributed by atoms with Crippen LogP contribution < -0.4 is 5.46 Å². The summed E-state index contributed by atoms with van der Waals surface area (Å²) in [4.78, 5) is 13.5. The van der Waals surface area contributed by atoms with Gasteiger partial charge in [0.15, 0.2) is 0 Å². The van der Waals surface area contributed by atoms with Gasteiger partial charge < -0.3 is 19.7 Å². The molecule has 19 heavy (non-hydrogen) atoms. The number of hydrogen-bond acceptors (Lipinski definition) is 5. The number of aromatic nitrogens is 2. The third-order valence-corrected chi connectivity index (χ3v) is 2.83. The maximum atomic E-state index is 12.0. The van der Waals surface area contributed by atoms with Crippen LogP contribution in [0, 0.1) is 0 Å². The van der Waals surface area contributed by atoms with Crippen molar-refractivity contribution in [1.29, 1.82) is 0 Å². The molecule has 0 spiro atoms. The van der Waals surface area contributed by atoms with Gasteiger partial charge in [-0.25, -0.2) is 4.79 Å². The first-order valence-electron chi connectivity index (χ1n) is 6.16. The van der Waals surface area contributed by atoms with Crippen LogP contribution in [0.5, 0.6) is 0 Å². The van der Waals surface area contributed by atoms with E-state index in [4.69, 9.17) is 4.74 Å². The molecule has 0 saturated carbocycles. The van der Waals surface area contributed by atoms with E-state index in [9.17, 15) is 14.8 Å². The van der Waals surface area contributed by atoms with Crippen LogP contribution in [0.2, 0.25) is 0 Å². The van der Waals surface area contributed by atoms with Crippen molar-refractivity contribution >= 4 is 18.7 Å². The van der Waals surface area contributed by atoms with Crippen molar-refractivity contribution in [2.24, 2.45) is 0 Å². The normalized spacial score (nSPS) is 15.1. The summed E-state index contributed by atoms with van der Waals surface area (Å²) < 4.78 is 6.98. The molecule has 1 aliphatic rings. The molecule has 2 rings (SSSR count). The molecule has 0 unspecified atom stereocenters. The Hall–Kier alpha value is -1.54. The van der Waals surface area contributed by atoms with Gasteiger partial charge in [0.05, 0.1) is 18.8 Å². The van der Waals surface area contributed by atoms with Gasteiger partial charge in [0, 0.05) is 18.2 Å². The van der Waals surface area contributed by atoms with Gasteiger partial charge in [-0.2, -0.15) is 5.10 Å². The topological polar surface area (TPSA) is 87.8 Å². The van der Waals surface area contributed by atoms with E-state index < -0.39 is 18.8 Å². The zero-order valence-corrected chi connectivity index (χ0v) is 11.3. The molecule has 1 aliphatic heterocycles. The fourth-order valence-electron chi connectivity index (χ4n) is 1.96. The van der Waals surface area contributed by atoms with Crippen molar-refractivity contribution in [2.45, 2.75) is 39.5 Å². The molecule has 8 heteroatoms. The van der Waals surface area contributed by atoms with Crippen molar-refractivity contribution in [2.75, 3.05) is 6.54 Å². The molecule has 0 fully saturated rings. The summed E-state index contributed by atoms with van der Waals surface area (Å²) in [6.07, 6.45) is 1.01. The number of rotatable bonds is 1. The zero-order valence-electron chi connectivity index (χ0n) is 11.3. The first kappa shape index (κ1) is 13.9. The first-order valence-corrected chi connectivity index (χ1v) is 6.16. The molecule has 2 N–H and O–H groups in total. The van der Waals surface area contributed by atoms with Gasteiger partial charge in [0.1, 0.15) is 5.60 Å². The van der Waals surface area contributed by atoms with Gasteiger partial charge in [0.2, 0.25) is 0 Å². The molecule has 0 atom stereocenters. The van der Waals surface area contributed by atoms with Gasteiger partial charge in [-0.15, -0.1) is 0 Å². The Labute approximate surface area is 111 Å². The van der Waals surface area contributed by atoms with Crippen molar-refractivity contribution in [1.82, 2.24) is 14.7 Å². The number of amides is 1. The van der Waals surface area contributed by atoms with E-state index in [-0.39, 0.29) is 6.54 Å². The summed E-state index contributed by atoms with van der Waals surface area (Å²) in [6, 6.07) is 0. The molecule has 2 heterocycles. The van der Waals surface area contributed by atoms with E-state index in [1.165, 1.54) is 11.1 Å². The van der Waals surface area contributed by atoms with Gasteiger partial charge >= 0.3 is 13.2 Å². The number of ether oxygens (including phenoxy) is 1. The highest BCUT2D eigenvalue weighted by Crippen LogP contribution is 2.15. The van der Waals surface area contributed by atoms with Gasteiger partial charge in [0.25, 0.3) is 0 Å². The Morgan fingerprint density at radius 2 is 2.11 bits per heavy atom. The largest absolute Gasteiger partial charge is 0.492 e. The maximum absolute atomic E-state index is 12.0. The van der Waals surface area contributed by atoms with Crippen LogP contribution in [-0.4, -0.2) is 50.1 Å². The van der Waals surface area contributed by atoms with E-state index >= 15 is 0 Å². The lowest BCUT2D eigenvalue weighted by Gasteiger charge is -2.30. The van der Waals surface area contributed by atoms with Crippen molar-refractivity contribution in [3.63, 3.8) is 0 Å². The Morgan fingerprint density at radius 1 is 1.42 bits per heavy atom. The lowest BCUT2D eigenvalue weighted by atomic mass is 9.80. The predicted octanol–water partition coefficient (Wildman–Crippen LogP) is -0.686. The summed E-state index contributed by atoms with van der Waals surface area (Å²) in [5.41, 5.74) is 0.411. The second-order valence-corrected chi connectivity index (χ2v) is 5.55. The molecule has 104 valence electrons. The average molecular weight is 267 g/mol. The molecule has 0 saturated heterocycles. The molecular formula is C11H18BN3O4. The fourth-order valence-corrected chi connectivity index (χ4v) is 1.96. The molecule has 0 bridgehead atoms. The molecule has 0 aliphatic carbocycles. The Morgan fingerprint density at radius 3 is 2.68 bits per heavy atom. The molecule has 1 amide bonds. The number of hydrogen-bond donors (Lipinski definition) is 2. The summed E-state index contributed by atoms with van der Waals surface area (Å²) in [6.45, 7) is 6.69. The number of fused-ring (bicyclic) bond motifs is 1. The first-order chi connectivity index (χ1) is 8.78. The Bertz CT molecular complexity index is 481. The average Bonchev–Trinajstić information content (AvgIpc) is 2.68. The maximum Gasteiger partial charge on any atom is 0.492 e. The van der Waals surface area contributed by atoms with E-state index in [1.54, 1.807) is 4.68 Å². The smallest absolute Gasteiger partial charge is 0.444 e. The highest BCUT2D eigenvalue weighted by molar-refractivity contribution is 6.59. The summed E-state index contributed by atoms with van der Waals surface area (Å²) >= 11 is 0. The fraction of sp³-hybridized carbons (Fsp3) is 0.636. The van der Waals surface area contributed by atoms with Crippen molar-refractivity contribution in [3.8, 4) is 0 Å². The number of nitrogens with zero attached hydrogens (tertiary/aromatic N) is 3. The molecule has 1 aromatic rings. The third-order valence-electron chi connectivity index (χ3n) is 2.83. The molecule has 7 nitrogen and oxygen atoms in total. The van der Waals surface area contributed by atoms with E-state index in [0.29, 0.717) is 24.2 Å². The minimum atomic E-state index is -1.58. The van der Waals surface area contributed by atoms with Crippen molar-refractivity contribution in [3.05, 3.63) is 11.9 Å². The van der Waals surface area contributed by atoms with E-state index in [1.807, 2.05) is 20.8 Å². The Kier molecular flexibility index (Phi) is 3.55. The molecule has 1 aromatic heterocycles. The van der Waals surface area contributed by atoms with E-state index in [2.05, 4.69) is 5.10 Å². The highest BCUT2D eigenvalue weighted by atomic mass is 16.6. The van der Waals surface area contributed by atoms with E-state index in [0.717, 1.165) is 0 Å². The quantitative estimate of drug-likeness (QED) is 0.658. The summed E-state index contributed by atoms with van der Waals surface area (Å²) in [5.74, 6) is 0. The zero-order chi connectivity index (χ0) is 14.2. The molecular weight excluding hydrogens is 249 g/mol. The third kappa shape index (κ3) is 3.08. The Balaban J connectivity index is 2.13. The minimum absolute atomic E-state index is 0.266. The lowest BCUT2D eigenvalue weighted by molar-refractivity contribution is 0.0195. The SMILES string of the molecule is CC(C)(C)OC(=O)N1CCn2ncc(B(O)O)c2C1. The second-order valence-electron chi connectivity index (χ2n) is 5.55.